The molecular weight excluding hydrogens is 206 g/mol. The number of aliphatic hydroxyl groups excluding tert-OH is 1. The van der Waals surface area contributed by atoms with Crippen LogP contribution in [0.2, 0.25) is 0 Å². The molecule has 0 unspecified atom stereocenters. The Kier molecular flexibility index (Phi) is 2.19. The van der Waals surface area contributed by atoms with Crippen LogP contribution in [0, 0.1) is 0 Å². The number of nitrogens with two attached hydrogens (primary N) is 1. The van der Waals surface area contributed by atoms with Gasteiger partial charge >= 0.3 is 0 Å². The number of nitrogen functional groups attached to an aromatic ring is 1. The van der Waals surface area contributed by atoms with E-state index in [0.29, 0.717) is 11.3 Å². The Morgan fingerprint density at radius 3 is 2.64 bits per heavy atom. The Morgan fingerprint density at radius 1 is 1.55 bits per heavy atom. The summed E-state index contributed by atoms with van der Waals surface area (Å²) in [7, 11) is 0. The molecule has 11 heavy (non-hydrogen) atoms. The van der Waals surface area contributed by atoms with E-state index in [9.17, 15) is 0 Å². The van der Waals surface area contributed by atoms with Crippen LogP contribution < -0.4 is 5.73 Å². The quantitative estimate of drug-likeness (QED) is 0.557. The predicted molar refractivity (Wildman–Crippen MR) is 50.2 cm³/mol. The largest absolute Gasteiger partial charge is 0.508 e. The zero-order valence-electron chi connectivity index (χ0n) is 5.84. The van der Waals surface area contributed by atoms with Crippen LogP contribution in [0.5, 0.6) is 0 Å². The lowest BCUT2D eigenvalue weighted by molar-refractivity contribution is 0.514. The first-order valence-corrected chi connectivity index (χ1v) is 3.84. The predicted octanol–water partition coefficient (Wildman–Crippen LogP) is 2.56. The molecule has 1 aromatic carbocycles. The van der Waals surface area contributed by atoms with Gasteiger partial charge in [0.2, 0.25) is 0 Å². The van der Waals surface area contributed by atoms with E-state index in [4.69, 9.17) is 10.8 Å². The van der Waals surface area contributed by atoms with Crippen LogP contribution in [-0.4, -0.2) is 5.11 Å². The molecule has 3 N–H and O–H groups in total. The highest BCUT2D eigenvalue weighted by molar-refractivity contribution is 9.10. The second-order valence-electron chi connectivity index (χ2n) is 2.18. The van der Waals surface area contributed by atoms with Crippen molar-refractivity contribution in [3.8, 4) is 0 Å². The maximum absolute atomic E-state index is 9.03. The highest BCUT2D eigenvalue weighted by Crippen LogP contribution is 2.22. The summed E-state index contributed by atoms with van der Waals surface area (Å²) in [6.45, 7) is 3.38. The highest BCUT2D eigenvalue weighted by Gasteiger charge is 2.01. The van der Waals surface area contributed by atoms with Crippen molar-refractivity contribution >= 4 is 27.4 Å². The van der Waals surface area contributed by atoms with Crippen LogP contribution in [-0.2, 0) is 0 Å². The first kappa shape index (κ1) is 8.14. The van der Waals surface area contributed by atoms with Gasteiger partial charge in [0.15, 0.2) is 0 Å². The fourth-order valence-electron chi connectivity index (χ4n) is 0.778. The van der Waals surface area contributed by atoms with E-state index in [1.165, 1.54) is 0 Å². The fraction of sp³-hybridized carbons (Fsp3) is 0. The number of anilines is 1. The van der Waals surface area contributed by atoms with Crippen LogP contribution in [0.4, 0.5) is 5.69 Å². The topological polar surface area (TPSA) is 46.2 Å². The Hall–Kier alpha value is -0.960. The lowest BCUT2D eigenvalue weighted by Crippen LogP contribution is -1.91. The van der Waals surface area contributed by atoms with Gasteiger partial charge in [-0.1, -0.05) is 22.5 Å². The molecule has 2 nitrogen and oxygen atoms in total. The van der Waals surface area contributed by atoms with Crippen molar-refractivity contribution in [1.29, 1.82) is 0 Å². The molecular formula is C8H8BrNO. The van der Waals surface area contributed by atoms with Gasteiger partial charge < -0.3 is 10.8 Å². The zero-order valence-corrected chi connectivity index (χ0v) is 7.43. The first-order valence-electron chi connectivity index (χ1n) is 3.04. The molecule has 0 atom stereocenters. The third kappa shape index (κ3) is 1.74. The van der Waals surface area contributed by atoms with Crippen LogP contribution in [0.15, 0.2) is 29.3 Å². The van der Waals surface area contributed by atoms with Crippen LogP contribution in [0.1, 0.15) is 5.56 Å². The average Bonchev–Trinajstić information content (AvgIpc) is 1.94. The lowest BCUT2D eigenvalue weighted by atomic mass is 10.1. The number of rotatable bonds is 1. The molecule has 58 valence electrons. The molecule has 3 heteroatoms. The van der Waals surface area contributed by atoms with E-state index in [2.05, 4.69) is 22.5 Å². The van der Waals surface area contributed by atoms with E-state index >= 15 is 0 Å². The SMILES string of the molecule is C=C(O)c1cc(Br)ccc1N. The molecule has 0 aliphatic carbocycles. The number of hydrogen-bond acceptors (Lipinski definition) is 2. The minimum atomic E-state index is -0.0104. The summed E-state index contributed by atoms with van der Waals surface area (Å²) in [4.78, 5) is 0. The molecule has 0 aromatic heterocycles. The van der Waals surface area contributed by atoms with Gasteiger partial charge in [0.25, 0.3) is 0 Å². The van der Waals surface area contributed by atoms with Crippen molar-refractivity contribution in [2.75, 3.05) is 5.73 Å². The van der Waals surface area contributed by atoms with Gasteiger partial charge in [0, 0.05) is 15.7 Å². The van der Waals surface area contributed by atoms with Gasteiger partial charge in [0.1, 0.15) is 5.76 Å². The number of aliphatic hydroxyl groups is 1. The standard InChI is InChI=1S/C8H8BrNO/c1-5(11)7-4-6(9)2-3-8(7)10/h2-4,11H,1,10H2. The van der Waals surface area contributed by atoms with E-state index in [1.54, 1.807) is 12.1 Å². The molecule has 1 rings (SSSR count). The molecule has 0 radical (unpaired) electrons. The second kappa shape index (κ2) is 2.96. The third-order valence-corrected chi connectivity index (χ3v) is 1.82. The molecule has 0 saturated heterocycles. The molecule has 0 saturated carbocycles. The molecule has 0 fully saturated rings. The van der Waals surface area contributed by atoms with Gasteiger partial charge in [-0.15, -0.1) is 0 Å². The van der Waals surface area contributed by atoms with Crippen LogP contribution in [0.25, 0.3) is 5.76 Å². The van der Waals surface area contributed by atoms with E-state index in [-0.39, 0.29) is 5.76 Å². The summed E-state index contributed by atoms with van der Waals surface area (Å²) >= 11 is 3.26. The summed E-state index contributed by atoms with van der Waals surface area (Å²) in [6, 6.07) is 5.24. The Bertz CT molecular complexity index is 296. The van der Waals surface area contributed by atoms with Crippen molar-refractivity contribution < 1.29 is 5.11 Å². The van der Waals surface area contributed by atoms with Crippen molar-refractivity contribution in [2.24, 2.45) is 0 Å². The van der Waals surface area contributed by atoms with Gasteiger partial charge in [-0.25, -0.2) is 0 Å². The van der Waals surface area contributed by atoms with Crippen LogP contribution in [0.3, 0.4) is 0 Å². The Balaban J connectivity index is 3.23. The summed E-state index contributed by atoms with van der Waals surface area (Å²) in [6.07, 6.45) is 0. The normalized spacial score (nSPS) is 9.55. The summed E-state index contributed by atoms with van der Waals surface area (Å²) in [5.74, 6) is -0.0104. The number of halogens is 1. The van der Waals surface area contributed by atoms with E-state index in [1.807, 2.05) is 6.07 Å². The highest BCUT2D eigenvalue weighted by atomic mass is 79.9. The average molecular weight is 214 g/mol. The van der Waals surface area contributed by atoms with Crippen molar-refractivity contribution in [3.05, 3.63) is 34.8 Å². The smallest absolute Gasteiger partial charge is 0.117 e. The van der Waals surface area contributed by atoms with E-state index < -0.39 is 0 Å². The molecule has 0 bridgehead atoms. The van der Waals surface area contributed by atoms with Gasteiger partial charge in [-0.05, 0) is 18.2 Å². The minimum Gasteiger partial charge on any atom is -0.508 e. The van der Waals surface area contributed by atoms with Crippen molar-refractivity contribution in [3.63, 3.8) is 0 Å². The Labute approximate surface area is 73.5 Å². The molecule has 0 heterocycles. The monoisotopic (exact) mass is 213 g/mol. The maximum Gasteiger partial charge on any atom is 0.117 e. The van der Waals surface area contributed by atoms with Crippen LogP contribution >= 0.6 is 15.9 Å². The maximum atomic E-state index is 9.03. The fourth-order valence-corrected chi connectivity index (χ4v) is 1.14. The zero-order chi connectivity index (χ0) is 8.43. The van der Waals surface area contributed by atoms with Crippen molar-refractivity contribution in [1.82, 2.24) is 0 Å². The van der Waals surface area contributed by atoms with Gasteiger partial charge in [-0.3, -0.25) is 0 Å². The molecule has 0 aliphatic heterocycles. The molecule has 0 amide bonds. The summed E-state index contributed by atoms with van der Waals surface area (Å²) in [5.41, 5.74) is 6.65. The first-order chi connectivity index (χ1) is 5.11. The molecule has 1 aromatic rings. The Morgan fingerprint density at radius 2 is 2.18 bits per heavy atom. The molecule has 0 aliphatic rings. The third-order valence-electron chi connectivity index (χ3n) is 1.33. The summed E-state index contributed by atoms with van der Waals surface area (Å²) in [5, 5.41) is 9.03. The summed E-state index contributed by atoms with van der Waals surface area (Å²) < 4.78 is 0.872. The lowest BCUT2D eigenvalue weighted by Gasteiger charge is -2.02. The van der Waals surface area contributed by atoms with Crippen molar-refractivity contribution in [2.45, 2.75) is 0 Å². The van der Waals surface area contributed by atoms with Gasteiger partial charge in [0.05, 0.1) is 0 Å². The second-order valence-corrected chi connectivity index (χ2v) is 3.09. The number of benzene rings is 1. The van der Waals surface area contributed by atoms with E-state index in [0.717, 1.165) is 4.47 Å². The minimum absolute atomic E-state index is 0.0104. The van der Waals surface area contributed by atoms with Gasteiger partial charge in [-0.2, -0.15) is 0 Å². The number of hydrogen-bond donors (Lipinski definition) is 2. The molecule has 0 spiro atoms.